The summed E-state index contributed by atoms with van der Waals surface area (Å²) in [6, 6.07) is 7.10. The van der Waals surface area contributed by atoms with E-state index in [2.05, 4.69) is 15.8 Å². The van der Waals surface area contributed by atoms with Gasteiger partial charge in [0.2, 0.25) is 0 Å². The van der Waals surface area contributed by atoms with Crippen LogP contribution in [0.5, 0.6) is 0 Å². The molecule has 2 heterocycles. The van der Waals surface area contributed by atoms with Gasteiger partial charge in [0.1, 0.15) is 17.3 Å². The van der Waals surface area contributed by atoms with E-state index < -0.39 is 40.3 Å². The number of pyridine rings is 1. The molecule has 0 saturated carbocycles. The predicted octanol–water partition coefficient (Wildman–Crippen LogP) is 1.46. The van der Waals surface area contributed by atoms with Gasteiger partial charge in [-0.1, -0.05) is 26.0 Å². The van der Waals surface area contributed by atoms with Gasteiger partial charge in [-0.3, -0.25) is 50.0 Å². The largest absolute Gasteiger partial charge is 0.288 e. The minimum absolute atomic E-state index is 0.0552. The van der Waals surface area contributed by atoms with Gasteiger partial charge in [0.25, 0.3) is 29.3 Å². The predicted molar refractivity (Wildman–Crippen MR) is 107 cm³/mol. The van der Waals surface area contributed by atoms with Crippen LogP contribution in [-0.2, 0) is 4.79 Å². The summed E-state index contributed by atoms with van der Waals surface area (Å²) in [5.41, 5.74) is 3.46. The molecule has 0 saturated heterocycles. The summed E-state index contributed by atoms with van der Waals surface area (Å²) >= 11 is 0. The van der Waals surface area contributed by atoms with Crippen molar-refractivity contribution in [2.24, 2.45) is 5.92 Å². The van der Waals surface area contributed by atoms with Crippen molar-refractivity contribution in [1.82, 2.24) is 20.7 Å². The van der Waals surface area contributed by atoms with Gasteiger partial charge >= 0.3 is 0 Å². The highest BCUT2D eigenvalue weighted by atomic mass is 16.6. The van der Waals surface area contributed by atoms with E-state index in [1.807, 2.05) is 0 Å². The number of nitro benzene ring substituents is 1. The second-order valence-electron chi connectivity index (χ2n) is 7.24. The summed E-state index contributed by atoms with van der Waals surface area (Å²) in [5, 5.41) is 11.3. The molecule has 160 valence electrons. The van der Waals surface area contributed by atoms with Crippen LogP contribution < -0.4 is 10.9 Å². The van der Waals surface area contributed by atoms with Gasteiger partial charge in [-0.25, -0.2) is 0 Å². The molecule has 3 rings (SSSR count). The molecule has 1 aromatic carbocycles. The van der Waals surface area contributed by atoms with E-state index in [1.54, 1.807) is 26.0 Å². The highest BCUT2D eigenvalue weighted by molar-refractivity contribution is 6.24. The topological polar surface area (TPSA) is 152 Å². The molecule has 31 heavy (non-hydrogen) atoms. The summed E-state index contributed by atoms with van der Waals surface area (Å²) in [7, 11) is 0. The van der Waals surface area contributed by atoms with E-state index in [-0.39, 0.29) is 29.2 Å². The summed E-state index contributed by atoms with van der Waals surface area (Å²) in [6.45, 7) is 3.57. The Morgan fingerprint density at radius 1 is 1.10 bits per heavy atom. The third kappa shape index (κ3) is 4.25. The minimum Gasteiger partial charge on any atom is -0.271 e. The molecule has 0 radical (unpaired) electrons. The SMILES string of the molecule is CC(C)C[C@H](C(=O)NNC(=O)c1ccccn1)N1C(=O)c2cccc([N+](=O)[O-])c2C1=O. The number of hydrazine groups is 1. The van der Waals surface area contributed by atoms with Crippen molar-refractivity contribution in [1.29, 1.82) is 0 Å². The van der Waals surface area contributed by atoms with Crippen molar-refractivity contribution < 1.29 is 24.1 Å². The second-order valence-corrected chi connectivity index (χ2v) is 7.24. The molecule has 0 bridgehead atoms. The average Bonchev–Trinajstić information content (AvgIpc) is 3.00. The number of carbonyl (C=O) groups excluding carboxylic acids is 4. The van der Waals surface area contributed by atoms with E-state index in [0.29, 0.717) is 4.90 Å². The minimum atomic E-state index is -1.28. The zero-order valence-corrected chi connectivity index (χ0v) is 16.7. The monoisotopic (exact) mass is 425 g/mol. The van der Waals surface area contributed by atoms with E-state index >= 15 is 0 Å². The normalized spacial score (nSPS) is 13.7. The Labute approximate surface area is 176 Å². The van der Waals surface area contributed by atoms with Crippen molar-refractivity contribution in [3.8, 4) is 0 Å². The maximum atomic E-state index is 12.9. The lowest BCUT2D eigenvalue weighted by Crippen LogP contribution is -2.54. The van der Waals surface area contributed by atoms with Crippen molar-refractivity contribution in [3.05, 3.63) is 69.5 Å². The molecule has 1 aromatic heterocycles. The van der Waals surface area contributed by atoms with Crippen LogP contribution in [0.2, 0.25) is 0 Å². The molecule has 2 aromatic rings. The summed E-state index contributed by atoms with van der Waals surface area (Å²) in [5.74, 6) is -3.34. The fraction of sp³-hybridized carbons (Fsp3) is 0.250. The van der Waals surface area contributed by atoms with Gasteiger partial charge in [-0.2, -0.15) is 0 Å². The lowest BCUT2D eigenvalue weighted by Gasteiger charge is -2.26. The molecule has 1 aliphatic rings. The van der Waals surface area contributed by atoms with Crippen LogP contribution in [0.15, 0.2) is 42.6 Å². The molecule has 1 aliphatic heterocycles. The number of nitrogens with zero attached hydrogens (tertiary/aromatic N) is 3. The van der Waals surface area contributed by atoms with Crippen LogP contribution in [0.25, 0.3) is 0 Å². The maximum absolute atomic E-state index is 12.9. The summed E-state index contributed by atoms with van der Waals surface area (Å²) in [4.78, 5) is 65.9. The number of benzene rings is 1. The van der Waals surface area contributed by atoms with Crippen molar-refractivity contribution in [2.75, 3.05) is 0 Å². The standard InChI is InChI=1S/C20H19N5O6/c1-11(2)10-15(18(27)23-22-17(26)13-7-3-4-9-21-13)24-19(28)12-6-5-8-14(25(30)31)16(12)20(24)29/h3-9,11,15H,10H2,1-2H3,(H,22,26)(H,23,27)/t15-/m1/s1. The highest BCUT2D eigenvalue weighted by Crippen LogP contribution is 2.33. The summed E-state index contributed by atoms with van der Waals surface area (Å²) in [6.07, 6.45) is 1.49. The molecular weight excluding hydrogens is 406 g/mol. The molecule has 1 atom stereocenters. The molecule has 11 heteroatoms. The van der Waals surface area contributed by atoms with Gasteiger partial charge in [-0.05, 0) is 30.5 Å². The van der Waals surface area contributed by atoms with Gasteiger partial charge < -0.3 is 0 Å². The van der Waals surface area contributed by atoms with Crippen LogP contribution in [-0.4, -0.2) is 44.5 Å². The number of nitrogens with one attached hydrogen (secondary N) is 2. The molecule has 0 fully saturated rings. The average molecular weight is 425 g/mol. The zero-order valence-electron chi connectivity index (χ0n) is 16.7. The Morgan fingerprint density at radius 2 is 1.84 bits per heavy atom. The highest BCUT2D eigenvalue weighted by Gasteiger charge is 2.46. The lowest BCUT2D eigenvalue weighted by molar-refractivity contribution is -0.385. The Kier molecular flexibility index (Phi) is 6.05. The van der Waals surface area contributed by atoms with Crippen molar-refractivity contribution in [3.63, 3.8) is 0 Å². The Bertz CT molecular complexity index is 1070. The number of amides is 4. The van der Waals surface area contributed by atoms with E-state index in [1.165, 1.54) is 24.4 Å². The smallest absolute Gasteiger partial charge is 0.271 e. The first-order valence-electron chi connectivity index (χ1n) is 9.39. The summed E-state index contributed by atoms with van der Waals surface area (Å²) < 4.78 is 0. The Hall–Kier alpha value is -4.15. The fourth-order valence-corrected chi connectivity index (χ4v) is 3.26. The number of hydrogen-bond donors (Lipinski definition) is 2. The maximum Gasteiger partial charge on any atom is 0.288 e. The van der Waals surface area contributed by atoms with Gasteiger partial charge in [0.15, 0.2) is 0 Å². The molecule has 11 nitrogen and oxygen atoms in total. The van der Waals surface area contributed by atoms with Crippen LogP contribution in [0.3, 0.4) is 0 Å². The van der Waals surface area contributed by atoms with E-state index in [4.69, 9.17) is 0 Å². The number of hydrogen-bond acceptors (Lipinski definition) is 7. The molecule has 0 spiro atoms. The van der Waals surface area contributed by atoms with Crippen LogP contribution in [0.4, 0.5) is 5.69 Å². The number of imide groups is 1. The van der Waals surface area contributed by atoms with E-state index in [0.717, 1.165) is 6.07 Å². The van der Waals surface area contributed by atoms with Crippen LogP contribution in [0, 0.1) is 16.0 Å². The van der Waals surface area contributed by atoms with Gasteiger partial charge in [0, 0.05) is 12.3 Å². The molecule has 0 aliphatic carbocycles. The van der Waals surface area contributed by atoms with Gasteiger partial charge in [0.05, 0.1) is 10.5 Å². The first-order chi connectivity index (χ1) is 14.7. The number of fused-ring (bicyclic) bond motifs is 1. The number of carbonyl (C=O) groups is 4. The number of rotatable bonds is 6. The number of nitro groups is 1. The molecule has 0 unspecified atom stereocenters. The van der Waals surface area contributed by atoms with Crippen molar-refractivity contribution in [2.45, 2.75) is 26.3 Å². The lowest BCUT2D eigenvalue weighted by atomic mass is 10.0. The zero-order chi connectivity index (χ0) is 22.7. The first kappa shape index (κ1) is 21.6. The Balaban J connectivity index is 1.85. The van der Waals surface area contributed by atoms with E-state index in [9.17, 15) is 29.3 Å². The molecule has 2 N–H and O–H groups in total. The third-order valence-electron chi connectivity index (χ3n) is 4.63. The first-order valence-corrected chi connectivity index (χ1v) is 9.39. The molecule has 4 amide bonds. The van der Waals surface area contributed by atoms with Crippen molar-refractivity contribution >= 4 is 29.3 Å². The van der Waals surface area contributed by atoms with Crippen LogP contribution >= 0.6 is 0 Å². The Morgan fingerprint density at radius 3 is 2.45 bits per heavy atom. The quantitative estimate of drug-likeness (QED) is 0.404. The van der Waals surface area contributed by atoms with Gasteiger partial charge in [-0.15, -0.1) is 0 Å². The van der Waals surface area contributed by atoms with Crippen LogP contribution in [0.1, 0.15) is 51.5 Å². The number of aromatic nitrogens is 1. The second kappa shape index (κ2) is 8.69. The third-order valence-corrected chi connectivity index (χ3v) is 4.63. The molecular formula is C20H19N5O6. The fourth-order valence-electron chi connectivity index (χ4n) is 3.26.